The second-order valence-corrected chi connectivity index (χ2v) is 15.3. The number of thiophene rings is 2. The van der Waals surface area contributed by atoms with Gasteiger partial charge < -0.3 is 0 Å². The fourth-order valence-corrected chi connectivity index (χ4v) is 8.17. The van der Waals surface area contributed by atoms with Crippen molar-refractivity contribution in [3.8, 4) is 11.1 Å². The molecule has 0 saturated carbocycles. The van der Waals surface area contributed by atoms with E-state index in [1.54, 1.807) is 0 Å². The molecule has 0 aliphatic heterocycles. The minimum Gasteiger partial charge on any atom is -0.129 e. The van der Waals surface area contributed by atoms with Gasteiger partial charge in [0.25, 0.3) is 0 Å². The number of unbranched alkanes of at least 4 members (excludes halogenated alkanes) is 6. The van der Waals surface area contributed by atoms with E-state index in [1.165, 1.54) is 102 Å². The highest BCUT2D eigenvalue weighted by Gasteiger charge is 2.07. The largest absolute Gasteiger partial charge is 0.129 e. The van der Waals surface area contributed by atoms with Gasteiger partial charge in [-0.1, -0.05) is 113 Å². The van der Waals surface area contributed by atoms with Gasteiger partial charge in [-0.05, 0) is 115 Å². The first-order valence-corrected chi connectivity index (χ1v) is 17.9. The summed E-state index contributed by atoms with van der Waals surface area (Å²) in [6, 6.07) is 22.4. The Morgan fingerprint density at radius 2 is 0.925 bits per heavy atom. The van der Waals surface area contributed by atoms with Gasteiger partial charge in [-0.3, -0.25) is 0 Å². The van der Waals surface area contributed by atoms with Crippen LogP contribution in [0.25, 0.3) is 35.4 Å². The summed E-state index contributed by atoms with van der Waals surface area (Å²) in [5, 5.41) is 0. The Hall–Kier alpha value is -1.72. The molecule has 0 aliphatic carbocycles. The van der Waals surface area contributed by atoms with Crippen molar-refractivity contribution < 1.29 is 0 Å². The van der Waals surface area contributed by atoms with Gasteiger partial charge in [-0.15, -0.1) is 22.7 Å². The van der Waals surface area contributed by atoms with Crippen molar-refractivity contribution in [3.63, 3.8) is 0 Å². The second kappa shape index (κ2) is 16.7. The fourth-order valence-electron chi connectivity index (χ4n) is 4.89. The SMILES string of the molecule is CCCCCCc1cc(Br)sc1/C=C/c1ccc(-c2ccc(/C=C/c3sc(Br)cc3CCCCCC)cc2)cc1. The first-order valence-electron chi connectivity index (χ1n) is 14.7. The Balaban J connectivity index is 1.36. The number of hydrogen-bond acceptors (Lipinski definition) is 2. The minimum atomic E-state index is 1.16. The first-order chi connectivity index (χ1) is 19.6. The Kier molecular flexibility index (Phi) is 13.0. The van der Waals surface area contributed by atoms with Crippen LogP contribution in [0.2, 0.25) is 0 Å². The molecule has 2 aromatic heterocycles. The van der Waals surface area contributed by atoms with Crippen molar-refractivity contribution >= 4 is 78.8 Å². The molecule has 0 amide bonds. The first kappa shape index (κ1) is 31.2. The van der Waals surface area contributed by atoms with E-state index in [0.29, 0.717) is 0 Å². The molecule has 40 heavy (non-hydrogen) atoms. The Labute approximate surface area is 266 Å². The van der Waals surface area contributed by atoms with Gasteiger partial charge in [0.15, 0.2) is 0 Å². The monoisotopic (exact) mass is 694 g/mol. The summed E-state index contributed by atoms with van der Waals surface area (Å²) in [6.07, 6.45) is 21.8. The molecule has 0 saturated heterocycles. The maximum atomic E-state index is 3.69. The lowest BCUT2D eigenvalue weighted by Crippen LogP contribution is -1.85. The van der Waals surface area contributed by atoms with Crippen LogP contribution >= 0.6 is 54.5 Å². The van der Waals surface area contributed by atoms with Gasteiger partial charge in [-0.25, -0.2) is 0 Å². The van der Waals surface area contributed by atoms with E-state index < -0.39 is 0 Å². The summed E-state index contributed by atoms with van der Waals surface area (Å²) >= 11 is 11.0. The predicted octanol–water partition coefficient (Wildman–Crippen LogP) is 13.6. The molecule has 0 radical (unpaired) electrons. The van der Waals surface area contributed by atoms with Crippen molar-refractivity contribution in [2.24, 2.45) is 0 Å². The molecule has 0 atom stereocenters. The number of hydrogen-bond donors (Lipinski definition) is 0. The molecule has 0 aliphatic rings. The average Bonchev–Trinajstić information content (AvgIpc) is 3.52. The van der Waals surface area contributed by atoms with Gasteiger partial charge in [-0.2, -0.15) is 0 Å². The molecule has 0 nitrogen and oxygen atoms in total. The average molecular weight is 697 g/mol. The van der Waals surface area contributed by atoms with Crippen molar-refractivity contribution in [1.29, 1.82) is 0 Å². The van der Waals surface area contributed by atoms with Crippen molar-refractivity contribution in [2.75, 3.05) is 0 Å². The summed E-state index contributed by atoms with van der Waals surface area (Å²) in [5.74, 6) is 0. The molecule has 0 spiro atoms. The summed E-state index contributed by atoms with van der Waals surface area (Å²) in [6.45, 7) is 4.54. The molecular weight excluding hydrogens is 656 g/mol. The molecule has 2 aromatic carbocycles. The van der Waals surface area contributed by atoms with Crippen molar-refractivity contribution in [1.82, 2.24) is 0 Å². The topological polar surface area (TPSA) is 0 Å². The smallest absolute Gasteiger partial charge is 0.0707 e. The van der Waals surface area contributed by atoms with Gasteiger partial charge in [0.05, 0.1) is 7.57 Å². The van der Waals surface area contributed by atoms with Gasteiger partial charge >= 0.3 is 0 Å². The van der Waals surface area contributed by atoms with Gasteiger partial charge in [0.2, 0.25) is 0 Å². The van der Waals surface area contributed by atoms with E-state index in [9.17, 15) is 0 Å². The highest BCUT2D eigenvalue weighted by molar-refractivity contribution is 9.11. The zero-order valence-electron chi connectivity index (χ0n) is 23.7. The second-order valence-electron chi connectivity index (χ2n) is 10.4. The Morgan fingerprint density at radius 1 is 0.525 bits per heavy atom. The minimum absolute atomic E-state index is 1.16. The van der Waals surface area contributed by atoms with Gasteiger partial charge in [0, 0.05) is 9.75 Å². The van der Waals surface area contributed by atoms with E-state index >= 15 is 0 Å². The third-order valence-corrected chi connectivity index (χ3v) is 10.5. The number of rotatable bonds is 15. The lowest BCUT2D eigenvalue weighted by atomic mass is 10.0. The summed E-state index contributed by atoms with van der Waals surface area (Å²) in [5.41, 5.74) is 7.89. The molecule has 0 fully saturated rings. The number of benzene rings is 2. The van der Waals surface area contributed by atoms with Crippen LogP contribution < -0.4 is 0 Å². The molecule has 0 unspecified atom stereocenters. The Bertz CT molecular complexity index is 1260. The van der Waals surface area contributed by atoms with Crippen LogP contribution in [0.4, 0.5) is 0 Å². The van der Waals surface area contributed by atoms with Crippen LogP contribution in [0.1, 0.15) is 97.2 Å². The molecule has 4 heteroatoms. The van der Waals surface area contributed by atoms with Crippen LogP contribution in [0.15, 0.2) is 68.2 Å². The summed E-state index contributed by atoms with van der Waals surface area (Å²) < 4.78 is 2.44. The normalized spacial score (nSPS) is 11.8. The Morgan fingerprint density at radius 3 is 1.30 bits per heavy atom. The lowest BCUT2D eigenvalue weighted by molar-refractivity contribution is 0.667. The molecule has 4 aromatic rings. The molecule has 210 valence electrons. The van der Waals surface area contributed by atoms with E-state index in [-0.39, 0.29) is 0 Å². The predicted molar refractivity (Wildman–Crippen MR) is 189 cm³/mol. The number of halogens is 2. The maximum Gasteiger partial charge on any atom is 0.0707 e. The maximum absolute atomic E-state index is 3.69. The molecule has 0 N–H and O–H groups in total. The van der Waals surface area contributed by atoms with Crippen molar-refractivity contribution in [2.45, 2.75) is 78.1 Å². The van der Waals surface area contributed by atoms with Crippen LogP contribution in [0.5, 0.6) is 0 Å². The zero-order chi connectivity index (χ0) is 28.2. The third kappa shape index (κ3) is 9.69. The highest BCUT2D eigenvalue weighted by Crippen LogP contribution is 2.32. The van der Waals surface area contributed by atoms with Crippen LogP contribution in [0, 0.1) is 0 Å². The fraction of sp³-hybridized carbons (Fsp3) is 0.333. The van der Waals surface area contributed by atoms with Gasteiger partial charge in [0.1, 0.15) is 0 Å². The molecule has 2 heterocycles. The van der Waals surface area contributed by atoms with E-state index in [4.69, 9.17) is 0 Å². The quantitative estimate of drug-likeness (QED) is 0.109. The third-order valence-electron chi connectivity index (χ3n) is 7.23. The van der Waals surface area contributed by atoms with Crippen LogP contribution in [0.3, 0.4) is 0 Å². The van der Waals surface area contributed by atoms with Crippen LogP contribution in [-0.2, 0) is 12.8 Å². The molecule has 4 rings (SSSR count). The molecular formula is C36H40Br2S2. The van der Waals surface area contributed by atoms with Crippen molar-refractivity contribution in [3.05, 3.63) is 100 Å². The van der Waals surface area contributed by atoms with E-state index in [0.717, 1.165) is 12.8 Å². The van der Waals surface area contributed by atoms with E-state index in [2.05, 4.69) is 131 Å². The standard InChI is InChI=1S/C36H40Br2S2/c1-3-5-7-9-11-31-25-35(37)39-33(31)23-17-27-13-19-29(20-14-27)30-21-15-28(16-22-30)18-24-34-32(26-36(38)40-34)12-10-8-6-4-2/h13-26H,3-12H2,1-2H3/b23-17+,24-18+. The zero-order valence-corrected chi connectivity index (χ0v) is 28.5. The van der Waals surface area contributed by atoms with Crippen LogP contribution in [-0.4, -0.2) is 0 Å². The summed E-state index contributed by atoms with van der Waals surface area (Å²) in [7, 11) is 0. The van der Waals surface area contributed by atoms with E-state index in [1.807, 2.05) is 22.7 Å². The number of aryl methyl sites for hydroxylation is 2. The highest BCUT2D eigenvalue weighted by atomic mass is 79.9. The lowest BCUT2D eigenvalue weighted by Gasteiger charge is -2.04. The summed E-state index contributed by atoms with van der Waals surface area (Å²) in [4.78, 5) is 2.74. The molecule has 0 bridgehead atoms.